The normalized spacial score (nSPS) is 14.6. The first-order valence-corrected chi connectivity index (χ1v) is 9.23. The van der Waals surface area contributed by atoms with Gasteiger partial charge in [-0.15, -0.1) is 0 Å². The zero-order valence-corrected chi connectivity index (χ0v) is 16.4. The van der Waals surface area contributed by atoms with Crippen LogP contribution >= 0.6 is 19.2 Å². The highest BCUT2D eigenvalue weighted by atomic mass is 35.5. The molecule has 1 rings (SSSR count). The van der Waals surface area contributed by atoms with Crippen LogP contribution in [0.1, 0.15) is 27.7 Å². The van der Waals surface area contributed by atoms with Crippen LogP contribution in [0.25, 0.3) is 0 Å². The van der Waals surface area contributed by atoms with Gasteiger partial charge in [-0.05, 0) is 45.9 Å². The molecule has 1 aromatic carbocycles. The van der Waals surface area contributed by atoms with Gasteiger partial charge in [0.15, 0.2) is 12.5 Å². The number of nitrogens with two attached hydrogens (primary N) is 1. The number of carbonyl (C=O) groups is 1. The van der Waals surface area contributed by atoms with Crippen molar-refractivity contribution in [1.82, 2.24) is 0 Å². The van der Waals surface area contributed by atoms with E-state index in [1.165, 1.54) is 13.0 Å². The van der Waals surface area contributed by atoms with E-state index in [0.29, 0.717) is 0 Å². The Balaban J connectivity index is 0.00000101. The first-order valence-electron chi connectivity index (χ1n) is 7.20. The third kappa shape index (κ3) is 11.1. The van der Waals surface area contributed by atoms with Crippen molar-refractivity contribution >= 4 is 25.2 Å². The predicted octanol–water partition coefficient (Wildman–Crippen LogP) is 3.32. The molecular formula is C15H24ClFNO6P. The molecule has 2 atom stereocenters. The molecule has 144 valence electrons. The highest BCUT2D eigenvalue weighted by molar-refractivity contribution is 7.53. The summed E-state index contributed by atoms with van der Waals surface area (Å²) in [5.74, 6) is -2.66. The average Bonchev–Trinajstić information content (AvgIpc) is 2.44. The van der Waals surface area contributed by atoms with Gasteiger partial charge >= 0.3 is 13.6 Å². The van der Waals surface area contributed by atoms with Gasteiger partial charge in [0.1, 0.15) is 11.6 Å². The van der Waals surface area contributed by atoms with Gasteiger partial charge < -0.3 is 24.6 Å². The van der Waals surface area contributed by atoms with E-state index in [2.05, 4.69) is 9.26 Å². The maximum atomic E-state index is 12.8. The van der Waals surface area contributed by atoms with Crippen molar-refractivity contribution in [2.75, 3.05) is 13.7 Å². The summed E-state index contributed by atoms with van der Waals surface area (Å²) in [5.41, 5.74) is 5.35. The summed E-state index contributed by atoms with van der Waals surface area (Å²) in [7, 11) is -2.98. The van der Waals surface area contributed by atoms with Crippen LogP contribution in [-0.2, 0) is 18.6 Å². The standard InChI is InChI=1S/C11H13ClFO6P.C4H11N/c1-7(20(15,16)17-2)19-11(14)6-18-10-4-3-8(13)5-9(10)12;1-4(2,3)5/h3-5,7H,6H2,1-2H3,(H,15,16);5H2,1-3H3. The summed E-state index contributed by atoms with van der Waals surface area (Å²) in [6.45, 7) is 6.57. The summed E-state index contributed by atoms with van der Waals surface area (Å²) in [6, 6.07) is 3.39. The van der Waals surface area contributed by atoms with Crippen LogP contribution in [-0.4, -0.2) is 36.0 Å². The number of ether oxygens (including phenoxy) is 2. The second kappa shape index (κ2) is 10.1. The SMILES string of the molecule is CC(C)(C)N.COP(=O)(O)C(C)OC(=O)COc1ccc(F)cc1Cl. The van der Waals surface area contributed by atoms with Crippen molar-refractivity contribution in [3.63, 3.8) is 0 Å². The first-order chi connectivity index (χ1) is 11.3. The van der Waals surface area contributed by atoms with E-state index in [0.717, 1.165) is 19.2 Å². The molecule has 7 nitrogen and oxygen atoms in total. The Bertz CT molecular complexity index is 617. The van der Waals surface area contributed by atoms with E-state index in [-0.39, 0.29) is 16.3 Å². The molecule has 3 N–H and O–H groups in total. The second-order valence-electron chi connectivity index (χ2n) is 6.07. The molecule has 0 bridgehead atoms. The van der Waals surface area contributed by atoms with Crippen molar-refractivity contribution in [2.45, 2.75) is 39.1 Å². The number of halogens is 2. The number of esters is 1. The zero-order valence-electron chi connectivity index (χ0n) is 14.8. The van der Waals surface area contributed by atoms with Crippen molar-refractivity contribution in [1.29, 1.82) is 0 Å². The van der Waals surface area contributed by atoms with Crippen LogP contribution in [0.3, 0.4) is 0 Å². The van der Waals surface area contributed by atoms with Crippen molar-refractivity contribution in [3.05, 3.63) is 29.0 Å². The van der Waals surface area contributed by atoms with Gasteiger partial charge in [-0.1, -0.05) is 11.6 Å². The minimum absolute atomic E-state index is 0. The van der Waals surface area contributed by atoms with Gasteiger partial charge in [0, 0.05) is 12.6 Å². The Morgan fingerprint density at radius 3 is 2.40 bits per heavy atom. The molecule has 0 saturated carbocycles. The summed E-state index contributed by atoms with van der Waals surface area (Å²) in [5, 5.41) is -0.00410. The second-order valence-corrected chi connectivity index (χ2v) is 8.69. The molecule has 0 saturated heterocycles. The Hall–Kier alpha value is -1.18. The molecule has 0 heterocycles. The summed E-state index contributed by atoms with van der Waals surface area (Å²) in [4.78, 5) is 20.7. The smallest absolute Gasteiger partial charge is 0.367 e. The lowest BCUT2D eigenvalue weighted by atomic mass is 10.1. The van der Waals surface area contributed by atoms with Crippen molar-refractivity contribution < 1.29 is 32.6 Å². The van der Waals surface area contributed by atoms with E-state index >= 15 is 0 Å². The lowest BCUT2D eigenvalue weighted by Crippen LogP contribution is -2.26. The Labute approximate surface area is 151 Å². The van der Waals surface area contributed by atoms with Crippen molar-refractivity contribution in [3.8, 4) is 5.75 Å². The van der Waals surface area contributed by atoms with Crippen LogP contribution in [0.15, 0.2) is 18.2 Å². The Morgan fingerprint density at radius 2 is 1.96 bits per heavy atom. The summed E-state index contributed by atoms with van der Waals surface area (Å²) >= 11 is 5.69. The molecule has 0 aliphatic carbocycles. The van der Waals surface area contributed by atoms with Crippen LogP contribution in [0.2, 0.25) is 5.02 Å². The molecule has 0 aliphatic heterocycles. The maximum Gasteiger partial charge on any atom is 0.367 e. The van der Waals surface area contributed by atoms with Crippen LogP contribution < -0.4 is 10.5 Å². The fraction of sp³-hybridized carbons (Fsp3) is 0.533. The molecule has 0 fully saturated rings. The number of hydrogen-bond acceptors (Lipinski definition) is 6. The van der Waals surface area contributed by atoms with E-state index in [9.17, 15) is 18.6 Å². The van der Waals surface area contributed by atoms with Crippen LogP contribution in [0, 0.1) is 5.82 Å². The summed E-state index contributed by atoms with van der Waals surface area (Å²) in [6.07, 6.45) is 0. The van der Waals surface area contributed by atoms with E-state index in [1.807, 2.05) is 20.8 Å². The van der Waals surface area contributed by atoms with E-state index in [1.54, 1.807) is 0 Å². The van der Waals surface area contributed by atoms with E-state index in [4.69, 9.17) is 22.1 Å². The highest BCUT2D eigenvalue weighted by Gasteiger charge is 2.30. The van der Waals surface area contributed by atoms with Gasteiger partial charge in [-0.2, -0.15) is 0 Å². The molecule has 2 unspecified atom stereocenters. The molecule has 0 aliphatic rings. The molecule has 1 aromatic rings. The molecule has 10 heteroatoms. The van der Waals surface area contributed by atoms with Gasteiger partial charge in [0.25, 0.3) is 0 Å². The highest BCUT2D eigenvalue weighted by Crippen LogP contribution is 2.46. The molecule has 25 heavy (non-hydrogen) atoms. The quantitative estimate of drug-likeness (QED) is 0.558. The number of hydrogen-bond donors (Lipinski definition) is 2. The van der Waals surface area contributed by atoms with Crippen molar-refractivity contribution in [2.24, 2.45) is 5.73 Å². The van der Waals surface area contributed by atoms with Crippen LogP contribution in [0.5, 0.6) is 5.75 Å². The van der Waals surface area contributed by atoms with Gasteiger partial charge in [0.2, 0.25) is 0 Å². The molecular weight excluding hydrogens is 376 g/mol. The monoisotopic (exact) mass is 399 g/mol. The fourth-order valence-corrected chi connectivity index (χ4v) is 1.94. The van der Waals surface area contributed by atoms with Crippen LogP contribution in [0.4, 0.5) is 4.39 Å². The Morgan fingerprint density at radius 1 is 1.44 bits per heavy atom. The number of benzene rings is 1. The third-order valence-electron chi connectivity index (χ3n) is 2.26. The number of carbonyl (C=O) groups excluding carboxylic acids is 1. The Kier molecular flexibility index (Phi) is 9.61. The van der Waals surface area contributed by atoms with E-state index < -0.39 is 31.8 Å². The fourth-order valence-electron chi connectivity index (χ4n) is 1.17. The summed E-state index contributed by atoms with van der Waals surface area (Å²) < 4.78 is 38.1. The lowest BCUT2D eigenvalue weighted by Gasteiger charge is -2.17. The zero-order chi connectivity index (χ0) is 19.8. The maximum absolute atomic E-state index is 12.8. The van der Waals surface area contributed by atoms with Gasteiger partial charge in [-0.3, -0.25) is 4.57 Å². The van der Waals surface area contributed by atoms with Gasteiger partial charge in [-0.25, -0.2) is 9.18 Å². The molecule has 0 aromatic heterocycles. The molecule has 0 spiro atoms. The topological polar surface area (TPSA) is 108 Å². The first kappa shape index (κ1) is 23.8. The van der Waals surface area contributed by atoms with Gasteiger partial charge in [0.05, 0.1) is 5.02 Å². The lowest BCUT2D eigenvalue weighted by molar-refractivity contribution is -0.148. The number of rotatable bonds is 6. The minimum Gasteiger partial charge on any atom is -0.480 e. The predicted molar refractivity (Wildman–Crippen MR) is 93.2 cm³/mol. The minimum atomic E-state index is -4.00. The third-order valence-corrected chi connectivity index (χ3v) is 4.11. The average molecular weight is 400 g/mol. The molecule has 0 amide bonds. The molecule has 0 radical (unpaired) electrons. The largest absolute Gasteiger partial charge is 0.480 e.